The average molecular weight is 387 g/mol. The monoisotopic (exact) mass is 387 g/mol. The lowest BCUT2D eigenvalue weighted by atomic mass is 10.1. The summed E-state index contributed by atoms with van der Waals surface area (Å²) in [6.45, 7) is 0.484. The van der Waals surface area contributed by atoms with Crippen LogP contribution in [0.3, 0.4) is 0 Å². The Bertz CT molecular complexity index is 1110. The fourth-order valence-electron chi connectivity index (χ4n) is 3.08. The van der Waals surface area contributed by atoms with Gasteiger partial charge in [-0.1, -0.05) is 60.7 Å². The number of methoxy groups -OCH3 is 1. The molecule has 0 aliphatic rings. The summed E-state index contributed by atoms with van der Waals surface area (Å²) in [7, 11) is 1.37. The van der Waals surface area contributed by atoms with Gasteiger partial charge in [0.05, 0.1) is 7.11 Å². The van der Waals surface area contributed by atoms with Crippen molar-refractivity contribution in [1.82, 2.24) is 9.38 Å². The van der Waals surface area contributed by atoms with Crippen molar-refractivity contribution in [3.05, 3.63) is 84.6 Å². The number of ether oxygens (including phenoxy) is 2. The Hall–Kier alpha value is -3.80. The van der Waals surface area contributed by atoms with Crippen LogP contribution in [0.25, 0.3) is 16.9 Å². The summed E-state index contributed by atoms with van der Waals surface area (Å²) in [5.74, 6) is 1.02. The lowest BCUT2D eigenvalue weighted by Crippen LogP contribution is -2.16. The number of nitrogens with one attached hydrogen (secondary N) is 1. The smallest absolute Gasteiger partial charge is 0.325 e. The molecule has 0 fully saturated rings. The second kappa shape index (κ2) is 8.48. The van der Waals surface area contributed by atoms with Gasteiger partial charge in [-0.15, -0.1) is 0 Å². The second-order valence-electron chi connectivity index (χ2n) is 6.45. The molecule has 0 saturated carbocycles. The summed E-state index contributed by atoms with van der Waals surface area (Å²) in [5, 5.41) is 3.16. The fourth-order valence-corrected chi connectivity index (χ4v) is 3.08. The van der Waals surface area contributed by atoms with E-state index in [1.807, 2.05) is 83.4 Å². The highest BCUT2D eigenvalue weighted by Gasteiger charge is 2.17. The first-order valence-electron chi connectivity index (χ1n) is 9.30. The van der Waals surface area contributed by atoms with Crippen molar-refractivity contribution >= 4 is 17.4 Å². The molecule has 4 aromatic rings. The van der Waals surface area contributed by atoms with E-state index in [1.54, 1.807) is 0 Å². The van der Waals surface area contributed by atoms with Gasteiger partial charge in [-0.3, -0.25) is 9.20 Å². The number of carbonyl (C=O) groups excluding carboxylic acids is 1. The number of aromatic nitrogens is 2. The minimum atomic E-state index is -0.351. The molecule has 29 heavy (non-hydrogen) atoms. The number of imidazole rings is 1. The molecule has 0 spiro atoms. The van der Waals surface area contributed by atoms with Crippen molar-refractivity contribution in [3.8, 4) is 17.0 Å². The van der Waals surface area contributed by atoms with E-state index in [0.29, 0.717) is 23.8 Å². The summed E-state index contributed by atoms with van der Waals surface area (Å²) in [4.78, 5) is 16.5. The van der Waals surface area contributed by atoms with Gasteiger partial charge in [0.25, 0.3) is 0 Å². The van der Waals surface area contributed by atoms with Gasteiger partial charge < -0.3 is 14.8 Å². The van der Waals surface area contributed by atoms with Crippen molar-refractivity contribution < 1.29 is 14.3 Å². The molecule has 0 atom stereocenters. The molecule has 2 aromatic carbocycles. The number of carbonyl (C=O) groups is 1. The molecule has 6 heteroatoms. The zero-order valence-corrected chi connectivity index (χ0v) is 16.0. The normalized spacial score (nSPS) is 10.7. The van der Waals surface area contributed by atoms with Gasteiger partial charge in [0.1, 0.15) is 24.7 Å². The Morgan fingerprint density at radius 1 is 1.00 bits per heavy atom. The van der Waals surface area contributed by atoms with Crippen LogP contribution >= 0.6 is 0 Å². The lowest BCUT2D eigenvalue weighted by molar-refractivity contribution is -0.138. The number of hydrogen-bond acceptors (Lipinski definition) is 5. The fraction of sp³-hybridized carbons (Fsp3) is 0.130. The highest BCUT2D eigenvalue weighted by molar-refractivity contribution is 5.81. The van der Waals surface area contributed by atoms with Gasteiger partial charge in [0, 0.05) is 11.8 Å². The van der Waals surface area contributed by atoms with Crippen LogP contribution in [0.2, 0.25) is 0 Å². The maximum Gasteiger partial charge on any atom is 0.325 e. The molecule has 0 aliphatic heterocycles. The summed E-state index contributed by atoms with van der Waals surface area (Å²) in [5.41, 5.74) is 3.44. The molecule has 0 radical (unpaired) electrons. The molecule has 0 bridgehead atoms. The maximum atomic E-state index is 11.7. The number of anilines is 1. The number of esters is 1. The Balaban J connectivity index is 1.73. The summed E-state index contributed by atoms with van der Waals surface area (Å²) < 4.78 is 12.7. The number of fused-ring (bicyclic) bond motifs is 1. The van der Waals surface area contributed by atoms with Gasteiger partial charge in [-0.25, -0.2) is 4.98 Å². The Kier molecular flexibility index (Phi) is 5.42. The van der Waals surface area contributed by atoms with E-state index < -0.39 is 0 Å². The average Bonchev–Trinajstić information content (AvgIpc) is 3.16. The van der Waals surface area contributed by atoms with Crippen LogP contribution in [0.5, 0.6) is 5.75 Å². The molecule has 2 heterocycles. The van der Waals surface area contributed by atoms with Gasteiger partial charge in [0.15, 0.2) is 11.4 Å². The maximum absolute atomic E-state index is 11.7. The van der Waals surface area contributed by atoms with Gasteiger partial charge in [-0.05, 0) is 17.7 Å². The minimum absolute atomic E-state index is 0.0409. The largest absolute Gasteiger partial charge is 0.485 e. The Morgan fingerprint density at radius 3 is 2.45 bits per heavy atom. The Labute approximate surface area is 168 Å². The van der Waals surface area contributed by atoms with Crippen LogP contribution in [0.15, 0.2) is 79.0 Å². The molecular formula is C23H21N3O3. The third kappa shape index (κ3) is 4.06. The number of benzene rings is 2. The SMILES string of the molecule is COC(=O)CNc1c(-c2ccccc2)nc2c(OCc3ccccc3)cccn12. The van der Waals surface area contributed by atoms with E-state index in [9.17, 15) is 4.79 Å². The summed E-state index contributed by atoms with van der Waals surface area (Å²) >= 11 is 0. The van der Waals surface area contributed by atoms with E-state index in [0.717, 1.165) is 16.8 Å². The van der Waals surface area contributed by atoms with Gasteiger partial charge in [0.2, 0.25) is 0 Å². The van der Waals surface area contributed by atoms with E-state index >= 15 is 0 Å². The van der Waals surface area contributed by atoms with Crippen LogP contribution in [-0.2, 0) is 16.1 Å². The molecule has 0 aliphatic carbocycles. The van der Waals surface area contributed by atoms with Crippen molar-refractivity contribution in [1.29, 1.82) is 0 Å². The van der Waals surface area contributed by atoms with Crippen molar-refractivity contribution in [3.63, 3.8) is 0 Å². The third-order valence-corrected chi connectivity index (χ3v) is 4.53. The zero-order valence-electron chi connectivity index (χ0n) is 16.0. The van der Waals surface area contributed by atoms with Crippen molar-refractivity contribution in [2.24, 2.45) is 0 Å². The number of rotatable bonds is 7. The van der Waals surface area contributed by atoms with E-state index in [1.165, 1.54) is 7.11 Å². The topological polar surface area (TPSA) is 64.9 Å². The molecular weight excluding hydrogens is 366 g/mol. The number of hydrogen-bond donors (Lipinski definition) is 1. The molecule has 6 nitrogen and oxygen atoms in total. The quantitative estimate of drug-likeness (QED) is 0.482. The van der Waals surface area contributed by atoms with Gasteiger partial charge in [-0.2, -0.15) is 0 Å². The van der Waals surface area contributed by atoms with Crippen molar-refractivity contribution in [2.75, 3.05) is 19.0 Å². The van der Waals surface area contributed by atoms with E-state index in [4.69, 9.17) is 14.5 Å². The van der Waals surface area contributed by atoms with Crippen LogP contribution in [0.4, 0.5) is 5.82 Å². The highest BCUT2D eigenvalue weighted by Crippen LogP contribution is 2.32. The predicted molar refractivity (Wildman–Crippen MR) is 112 cm³/mol. The Morgan fingerprint density at radius 2 is 1.72 bits per heavy atom. The summed E-state index contributed by atoms with van der Waals surface area (Å²) in [6.07, 6.45) is 1.89. The van der Waals surface area contributed by atoms with Crippen molar-refractivity contribution in [2.45, 2.75) is 6.61 Å². The predicted octanol–water partition coefficient (Wildman–Crippen LogP) is 4.17. The minimum Gasteiger partial charge on any atom is -0.485 e. The molecule has 4 rings (SSSR count). The molecule has 0 saturated heterocycles. The molecule has 0 amide bonds. The highest BCUT2D eigenvalue weighted by atomic mass is 16.5. The molecule has 2 aromatic heterocycles. The van der Waals surface area contributed by atoms with Crippen LogP contribution in [0, 0.1) is 0 Å². The first-order valence-corrected chi connectivity index (χ1v) is 9.30. The van der Waals surface area contributed by atoms with E-state index in [2.05, 4.69) is 5.32 Å². The third-order valence-electron chi connectivity index (χ3n) is 4.53. The summed E-state index contributed by atoms with van der Waals surface area (Å²) in [6, 6.07) is 23.6. The lowest BCUT2D eigenvalue weighted by Gasteiger charge is -2.09. The number of pyridine rings is 1. The zero-order chi connectivity index (χ0) is 20.1. The standard InChI is InChI=1S/C23H21N3O3/c1-28-20(27)15-24-23-21(18-11-6-3-7-12-18)25-22-19(13-8-14-26(22)23)29-16-17-9-4-2-5-10-17/h2-14,24H,15-16H2,1H3. The molecule has 1 N–H and O–H groups in total. The van der Waals surface area contributed by atoms with Gasteiger partial charge >= 0.3 is 5.97 Å². The molecule has 0 unspecified atom stereocenters. The second-order valence-corrected chi connectivity index (χ2v) is 6.45. The first kappa shape index (κ1) is 18.6. The van der Waals surface area contributed by atoms with E-state index in [-0.39, 0.29) is 12.5 Å². The van der Waals surface area contributed by atoms with Crippen LogP contribution < -0.4 is 10.1 Å². The first-order chi connectivity index (χ1) is 14.3. The van der Waals surface area contributed by atoms with Crippen LogP contribution in [-0.4, -0.2) is 29.0 Å². The van der Waals surface area contributed by atoms with Crippen LogP contribution in [0.1, 0.15) is 5.56 Å². The number of nitrogens with zero attached hydrogens (tertiary/aromatic N) is 2. The molecule has 146 valence electrons.